The van der Waals surface area contributed by atoms with Crippen molar-refractivity contribution in [3.05, 3.63) is 17.2 Å². The first-order valence-corrected chi connectivity index (χ1v) is 3.74. The van der Waals surface area contributed by atoms with E-state index in [1.807, 2.05) is 0 Å². The smallest absolute Gasteiger partial charge is 0.179 e. The van der Waals surface area contributed by atoms with Crippen LogP contribution in [0.25, 0.3) is 0 Å². The maximum Gasteiger partial charge on any atom is 0.179 e. The van der Waals surface area contributed by atoms with Crippen molar-refractivity contribution in [1.29, 1.82) is 0 Å². The summed E-state index contributed by atoms with van der Waals surface area (Å²) >= 11 is 5.83. The number of hydrogen-bond donors (Lipinski definition) is 1. The quantitative estimate of drug-likeness (QED) is 0.720. The largest absolute Gasteiger partial charge is 0.493 e. The molecule has 12 heavy (non-hydrogen) atoms. The second-order valence-corrected chi connectivity index (χ2v) is 2.65. The van der Waals surface area contributed by atoms with Crippen LogP contribution in [0.2, 0.25) is 5.02 Å². The van der Waals surface area contributed by atoms with Gasteiger partial charge in [-0.15, -0.1) is 0 Å². The third kappa shape index (κ3) is 1.56. The Morgan fingerprint density at radius 3 is 2.42 bits per heavy atom. The number of rotatable bonds is 2. The van der Waals surface area contributed by atoms with Crippen molar-refractivity contribution in [2.24, 2.45) is 0 Å². The van der Waals surface area contributed by atoms with Gasteiger partial charge in [-0.3, -0.25) is 0 Å². The van der Waals surface area contributed by atoms with Crippen LogP contribution in [-0.4, -0.2) is 14.2 Å². The van der Waals surface area contributed by atoms with E-state index in [0.29, 0.717) is 22.2 Å². The fourth-order valence-corrected chi connectivity index (χ4v) is 1.23. The topological polar surface area (TPSA) is 44.5 Å². The minimum Gasteiger partial charge on any atom is -0.493 e. The highest BCUT2D eigenvalue weighted by Gasteiger charge is 2.08. The molecule has 2 N–H and O–H groups in total. The van der Waals surface area contributed by atoms with Crippen LogP contribution in [0, 0.1) is 0 Å². The number of methoxy groups -OCH3 is 2. The Balaban J connectivity index is 3.24. The van der Waals surface area contributed by atoms with Gasteiger partial charge in [0.25, 0.3) is 0 Å². The predicted molar refractivity (Wildman–Crippen MR) is 49.0 cm³/mol. The molecule has 0 heterocycles. The molecule has 0 aromatic heterocycles. The van der Waals surface area contributed by atoms with Crippen LogP contribution in [0.3, 0.4) is 0 Å². The number of nitrogen functional groups attached to an aromatic ring is 1. The fourth-order valence-electron chi connectivity index (χ4n) is 0.938. The van der Waals surface area contributed by atoms with E-state index >= 15 is 0 Å². The van der Waals surface area contributed by atoms with Crippen LogP contribution in [0.5, 0.6) is 11.5 Å². The van der Waals surface area contributed by atoms with E-state index in [-0.39, 0.29) is 0 Å². The molecule has 0 aliphatic heterocycles. The van der Waals surface area contributed by atoms with E-state index in [1.54, 1.807) is 12.1 Å². The van der Waals surface area contributed by atoms with Gasteiger partial charge in [0.05, 0.1) is 19.2 Å². The average molecular weight is 188 g/mol. The van der Waals surface area contributed by atoms with Gasteiger partial charge in [0.2, 0.25) is 0 Å². The predicted octanol–water partition coefficient (Wildman–Crippen LogP) is 1.94. The van der Waals surface area contributed by atoms with E-state index in [9.17, 15) is 0 Å². The number of anilines is 1. The van der Waals surface area contributed by atoms with Gasteiger partial charge < -0.3 is 15.2 Å². The highest BCUT2D eigenvalue weighted by atomic mass is 35.5. The lowest BCUT2D eigenvalue weighted by atomic mass is 10.3. The molecule has 0 radical (unpaired) electrons. The van der Waals surface area contributed by atoms with E-state index < -0.39 is 0 Å². The summed E-state index contributed by atoms with van der Waals surface area (Å²) in [4.78, 5) is 0. The van der Waals surface area contributed by atoms with Gasteiger partial charge in [-0.25, -0.2) is 0 Å². The molecule has 0 saturated carbocycles. The molecule has 66 valence electrons. The molecule has 0 fully saturated rings. The number of benzene rings is 1. The lowest BCUT2D eigenvalue weighted by molar-refractivity contribution is 0.355. The van der Waals surface area contributed by atoms with Crippen molar-refractivity contribution in [1.82, 2.24) is 0 Å². The van der Waals surface area contributed by atoms with Crippen LogP contribution >= 0.6 is 11.6 Å². The van der Waals surface area contributed by atoms with E-state index in [2.05, 4.69) is 0 Å². The highest BCUT2D eigenvalue weighted by molar-refractivity contribution is 6.32. The summed E-state index contributed by atoms with van der Waals surface area (Å²) in [6, 6.07) is 3.27. The zero-order valence-electron chi connectivity index (χ0n) is 6.93. The third-order valence-corrected chi connectivity index (χ3v) is 1.74. The molecular formula is C8H10ClNO2. The molecule has 0 aliphatic rings. The minimum absolute atomic E-state index is 0.453. The lowest BCUT2D eigenvalue weighted by Crippen LogP contribution is -1.93. The molecule has 4 heteroatoms. The Labute approximate surface area is 76.0 Å². The van der Waals surface area contributed by atoms with E-state index in [1.165, 1.54) is 14.2 Å². The van der Waals surface area contributed by atoms with Crippen molar-refractivity contribution in [3.63, 3.8) is 0 Å². The van der Waals surface area contributed by atoms with Gasteiger partial charge in [0.1, 0.15) is 0 Å². The summed E-state index contributed by atoms with van der Waals surface area (Å²) in [7, 11) is 3.06. The van der Waals surface area contributed by atoms with Gasteiger partial charge in [-0.2, -0.15) is 0 Å². The first kappa shape index (κ1) is 9.00. The van der Waals surface area contributed by atoms with Crippen molar-refractivity contribution < 1.29 is 9.47 Å². The Morgan fingerprint density at radius 2 is 1.92 bits per heavy atom. The molecule has 0 spiro atoms. The molecule has 0 bridgehead atoms. The van der Waals surface area contributed by atoms with Gasteiger partial charge in [-0.05, 0) is 6.07 Å². The maximum atomic E-state index is 5.83. The van der Waals surface area contributed by atoms with Crippen molar-refractivity contribution in [2.45, 2.75) is 0 Å². The molecule has 0 atom stereocenters. The second kappa shape index (κ2) is 3.54. The van der Waals surface area contributed by atoms with E-state index in [4.69, 9.17) is 26.8 Å². The van der Waals surface area contributed by atoms with Gasteiger partial charge >= 0.3 is 0 Å². The number of halogens is 1. The number of hydrogen-bond acceptors (Lipinski definition) is 3. The molecule has 3 nitrogen and oxygen atoms in total. The molecule has 1 aromatic rings. The Bertz CT molecular complexity index is 289. The van der Waals surface area contributed by atoms with Crippen LogP contribution in [0.4, 0.5) is 5.69 Å². The molecule has 1 rings (SSSR count). The molecule has 0 unspecified atom stereocenters. The number of ether oxygens (including phenoxy) is 2. The average Bonchev–Trinajstić information content (AvgIpc) is 2.03. The fraction of sp³-hybridized carbons (Fsp3) is 0.250. The normalized spacial score (nSPS) is 9.58. The Hall–Kier alpha value is -1.09. The first-order valence-electron chi connectivity index (χ1n) is 3.36. The summed E-state index contributed by atoms with van der Waals surface area (Å²) in [5.41, 5.74) is 6.09. The highest BCUT2D eigenvalue weighted by Crippen LogP contribution is 2.36. The van der Waals surface area contributed by atoms with Crippen LogP contribution in [-0.2, 0) is 0 Å². The van der Waals surface area contributed by atoms with Crippen LogP contribution in [0.1, 0.15) is 0 Å². The molecule has 0 amide bonds. The summed E-state index contributed by atoms with van der Waals surface area (Å²) in [5, 5.41) is 0.453. The van der Waals surface area contributed by atoms with Crippen LogP contribution < -0.4 is 15.2 Å². The van der Waals surface area contributed by atoms with Gasteiger partial charge in [0, 0.05) is 11.8 Å². The molecule has 0 saturated heterocycles. The monoisotopic (exact) mass is 187 g/mol. The standard InChI is InChI=1S/C8H10ClNO2/c1-11-7-4-5(10)3-6(9)8(7)12-2/h3-4H,10H2,1-2H3. The molecule has 0 aliphatic carbocycles. The SMILES string of the molecule is COc1cc(N)cc(Cl)c1OC. The van der Waals surface area contributed by atoms with Crippen molar-refractivity contribution in [2.75, 3.05) is 20.0 Å². The summed E-state index contributed by atoms with van der Waals surface area (Å²) in [6.45, 7) is 0. The van der Waals surface area contributed by atoms with Crippen LogP contribution in [0.15, 0.2) is 12.1 Å². The lowest BCUT2D eigenvalue weighted by Gasteiger charge is -2.09. The first-order chi connectivity index (χ1) is 5.69. The molecule has 1 aromatic carbocycles. The summed E-state index contributed by atoms with van der Waals surface area (Å²) in [5.74, 6) is 1.05. The summed E-state index contributed by atoms with van der Waals surface area (Å²) < 4.78 is 10.0. The molecular weight excluding hydrogens is 178 g/mol. The van der Waals surface area contributed by atoms with Gasteiger partial charge in [-0.1, -0.05) is 11.6 Å². The van der Waals surface area contributed by atoms with Crippen molar-refractivity contribution >= 4 is 17.3 Å². The zero-order chi connectivity index (χ0) is 9.14. The van der Waals surface area contributed by atoms with Crippen molar-refractivity contribution in [3.8, 4) is 11.5 Å². The zero-order valence-corrected chi connectivity index (χ0v) is 7.68. The minimum atomic E-state index is 0.453. The second-order valence-electron chi connectivity index (χ2n) is 2.24. The Morgan fingerprint density at radius 1 is 1.25 bits per heavy atom. The van der Waals surface area contributed by atoms with Gasteiger partial charge in [0.15, 0.2) is 11.5 Å². The van der Waals surface area contributed by atoms with E-state index in [0.717, 1.165) is 0 Å². The maximum absolute atomic E-state index is 5.83. The number of nitrogens with two attached hydrogens (primary N) is 1. The summed E-state index contributed by atoms with van der Waals surface area (Å²) in [6.07, 6.45) is 0. The third-order valence-electron chi connectivity index (χ3n) is 1.46. The Kier molecular flexibility index (Phi) is 2.65.